The summed E-state index contributed by atoms with van der Waals surface area (Å²) in [6.07, 6.45) is 0.793. The van der Waals surface area contributed by atoms with Gasteiger partial charge in [0.2, 0.25) is 10.0 Å². The van der Waals surface area contributed by atoms with E-state index in [1.54, 1.807) is 11.0 Å². The first-order valence-corrected chi connectivity index (χ1v) is 11.8. The summed E-state index contributed by atoms with van der Waals surface area (Å²) in [7, 11) is -3.65. The summed E-state index contributed by atoms with van der Waals surface area (Å²) < 4.78 is 28.5. The Morgan fingerprint density at radius 3 is 2.39 bits per heavy atom. The molecule has 1 N–H and O–H groups in total. The number of carbonyl (C=O) groups excluding carboxylic acids is 1. The largest absolute Gasteiger partial charge is 0.308 e. The Balaban J connectivity index is 1.55. The van der Waals surface area contributed by atoms with E-state index in [4.69, 9.17) is 0 Å². The third-order valence-electron chi connectivity index (χ3n) is 5.86. The number of anilines is 1. The molecule has 31 heavy (non-hydrogen) atoms. The second-order valence-corrected chi connectivity index (χ2v) is 9.80. The number of rotatable bonds is 5. The summed E-state index contributed by atoms with van der Waals surface area (Å²) >= 11 is 0. The first kappa shape index (κ1) is 21.3. The lowest BCUT2D eigenvalue weighted by molar-refractivity contribution is 0.0989. The predicted octanol–water partition coefficient (Wildman–Crippen LogP) is 4.29. The van der Waals surface area contributed by atoms with Crippen molar-refractivity contribution in [1.29, 1.82) is 0 Å². The van der Waals surface area contributed by atoms with E-state index in [-0.39, 0.29) is 12.5 Å². The number of aryl methyl sites for hydroxylation is 3. The molecule has 1 heterocycles. The van der Waals surface area contributed by atoms with Crippen molar-refractivity contribution in [2.24, 2.45) is 0 Å². The fraction of sp³-hybridized carbons (Fsp3) is 0.240. The molecule has 0 aliphatic carbocycles. The van der Waals surface area contributed by atoms with Gasteiger partial charge in [0.15, 0.2) is 0 Å². The maximum absolute atomic E-state index is 12.9. The number of fused-ring (bicyclic) bond motifs is 1. The fourth-order valence-electron chi connectivity index (χ4n) is 3.96. The number of amides is 1. The highest BCUT2D eigenvalue weighted by atomic mass is 32.2. The maximum Gasteiger partial charge on any atom is 0.258 e. The molecule has 5 nitrogen and oxygen atoms in total. The number of hydrogen-bond donors (Lipinski definition) is 1. The van der Waals surface area contributed by atoms with Gasteiger partial charge in [0, 0.05) is 24.3 Å². The molecule has 160 valence electrons. The number of sulfonamides is 1. The number of hydrogen-bond acceptors (Lipinski definition) is 3. The lowest BCUT2D eigenvalue weighted by Crippen LogP contribution is -2.29. The molecule has 0 bridgehead atoms. The van der Waals surface area contributed by atoms with E-state index in [0.29, 0.717) is 17.0 Å². The Labute approximate surface area is 183 Å². The van der Waals surface area contributed by atoms with E-state index in [1.807, 2.05) is 75.4 Å². The molecule has 0 saturated carbocycles. The van der Waals surface area contributed by atoms with Crippen molar-refractivity contribution < 1.29 is 13.2 Å². The van der Waals surface area contributed by atoms with E-state index >= 15 is 0 Å². The average molecular weight is 435 g/mol. The molecule has 0 aromatic heterocycles. The van der Waals surface area contributed by atoms with Crippen LogP contribution in [0.25, 0.3) is 0 Å². The highest BCUT2D eigenvalue weighted by Crippen LogP contribution is 2.30. The molecular formula is C25H26N2O3S. The molecule has 0 atom stereocenters. The van der Waals surface area contributed by atoms with Crippen molar-refractivity contribution in [3.8, 4) is 0 Å². The normalized spacial score (nSPS) is 13.3. The molecule has 0 unspecified atom stereocenters. The summed E-state index contributed by atoms with van der Waals surface area (Å²) in [5, 5.41) is 0. The third kappa shape index (κ3) is 4.27. The SMILES string of the molecule is Cc1cc(C)c(S(=O)(=O)NCc2ccc3c(c2)N(C(=O)c2ccccc2)CC3)cc1C. The molecule has 1 aliphatic heterocycles. The molecule has 0 spiro atoms. The quantitative estimate of drug-likeness (QED) is 0.651. The van der Waals surface area contributed by atoms with Gasteiger partial charge in [0.1, 0.15) is 0 Å². The van der Waals surface area contributed by atoms with Crippen LogP contribution in [0.2, 0.25) is 0 Å². The standard InChI is InChI=1S/C25H26N2O3S/c1-17-13-19(3)24(14-18(17)2)31(29,30)26-16-20-9-10-21-11-12-27(23(21)15-20)25(28)22-7-5-4-6-8-22/h4-10,13-15,26H,11-12,16H2,1-3H3. The molecule has 1 aliphatic rings. The third-order valence-corrected chi connectivity index (χ3v) is 7.40. The highest BCUT2D eigenvalue weighted by molar-refractivity contribution is 7.89. The molecule has 6 heteroatoms. The van der Waals surface area contributed by atoms with E-state index in [1.165, 1.54) is 0 Å². The molecule has 4 rings (SSSR count). The fourth-order valence-corrected chi connectivity index (χ4v) is 5.29. The lowest BCUT2D eigenvalue weighted by atomic mass is 10.1. The predicted molar refractivity (Wildman–Crippen MR) is 123 cm³/mol. The van der Waals surface area contributed by atoms with Crippen LogP contribution in [0.15, 0.2) is 65.6 Å². The smallest absolute Gasteiger partial charge is 0.258 e. The summed E-state index contributed by atoms with van der Waals surface area (Å²) in [5.74, 6) is -0.0390. The molecule has 0 fully saturated rings. The zero-order valence-electron chi connectivity index (χ0n) is 18.0. The van der Waals surface area contributed by atoms with Gasteiger partial charge in [-0.05, 0) is 79.3 Å². The van der Waals surface area contributed by atoms with Gasteiger partial charge in [-0.15, -0.1) is 0 Å². The zero-order chi connectivity index (χ0) is 22.2. The van der Waals surface area contributed by atoms with Crippen LogP contribution >= 0.6 is 0 Å². The van der Waals surface area contributed by atoms with E-state index < -0.39 is 10.0 Å². The Morgan fingerprint density at radius 1 is 0.935 bits per heavy atom. The topological polar surface area (TPSA) is 66.5 Å². The first-order chi connectivity index (χ1) is 14.8. The van der Waals surface area contributed by atoms with Crippen LogP contribution in [0.5, 0.6) is 0 Å². The van der Waals surface area contributed by atoms with Gasteiger partial charge >= 0.3 is 0 Å². The van der Waals surface area contributed by atoms with Crippen LogP contribution in [-0.4, -0.2) is 20.9 Å². The molecular weight excluding hydrogens is 408 g/mol. The summed E-state index contributed by atoms with van der Waals surface area (Å²) in [6.45, 7) is 6.48. The van der Waals surface area contributed by atoms with Gasteiger partial charge in [0.25, 0.3) is 5.91 Å². The minimum absolute atomic E-state index is 0.0390. The Hall–Kier alpha value is -2.96. The van der Waals surface area contributed by atoms with Gasteiger partial charge in [-0.2, -0.15) is 0 Å². The second-order valence-electron chi connectivity index (χ2n) is 8.06. The van der Waals surface area contributed by atoms with Crippen LogP contribution in [-0.2, 0) is 23.0 Å². The zero-order valence-corrected chi connectivity index (χ0v) is 18.8. The molecule has 3 aromatic carbocycles. The minimum Gasteiger partial charge on any atom is -0.308 e. The van der Waals surface area contributed by atoms with Crippen LogP contribution in [0, 0.1) is 20.8 Å². The van der Waals surface area contributed by atoms with Crippen molar-refractivity contribution in [2.75, 3.05) is 11.4 Å². The van der Waals surface area contributed by atoms with Crippen molar-refractivity contribution in [1.82, 2.24) is 4.72 Å². The van der Waals surface area contributed by atoms with E-state index in [0.717, 1.165) is 39.9 Å². The van der Waals surface area contributed by atoms with E-state index in [2.05, 4.69) is 4.72 Å². The Kier molecular flexibility index (Phi) is 5.69. The summed E-state index contributed by atoms with van der Waals surface area (Å²) in [4.78, 5) is 15.0. The van der Waals surface area contributed by atoms with Crippen molar-refractivity contribution in [3.63, 3.8) is 0 Å². The first-order valence-electron chi connectivity index (χ1n) is 10.3. The van der Waals surface area contributed by atoms with Gasteiger partial charge in [-0.1, -0.05) is 36.4 Å². The molecule has 3 aromatic rings. The molecule has 0 radical (unpaired) electrons. The highest BCUT2D eigenvalue weighted by Gasteiger charge is 2.26. The van der Waals surface area contributed by atoms with Gasteiger partial charge in [-0.25, -0.2) is 13.1 Å². The van der Waals surface area contributed by atoms with Crippen molar-refractivity contribution in [2.45, 2.75) is 38.6 Å². The lowest BCUT2D eigenvalue weighted by Gasteiger charge is -2.18. The van der Waals surface area contributed by atoms with Crippen LogP contribution in [0.4, 0.5) is 5.69 Å². The van der Waals surface area contributed by atoms with Gasteiger partial charge in [0.05, 0.1) is 4.90 Å². The Morgan fingerprint density at radius 2 is 1.65 bits per heavy atom. The average Bonchev–Trinajstić information content (AvgIpc) is 3.18. The van der Waals surface area contributed by atoms with Gasteiger partial charge in [-0.3, -0.25) is 4.79 Å². The van der Waals surface area contributed by atoms with Crippen molar-refractivity contribution in [3.05, 3.63) is 94.0 Å². The number of nitrogens with zero attached hydrogens (tertiary/aromatic N) is 1. The Bertz CT molecular complexity index is 1250. The number of carbonyl (C=O) groups is 1. The van der Waals surface area contributed by atoms with E-state index in [9.17, 15) is 13.2 Å². The van der Waals surface area contributed by atoms with Crippen molar-refractivity contribution >= 4 is 21.6 Å². The molecule has 1 amide bonds. The minimum atomic E-state index is -3.65. The second kappa shape index (κ2) is 8.29. The van der Waals surface area contributed by atoms with Crippen LogP contribution in [0.3, 0.4) is 0 Å². The summed E-state index contributed by atoms with van der Waals surface area (Å²) in [5.41, 5.74) is 6.15. The summed E-state index contributed by atoms with van der Waals surface area (Å²) in [6, 6.07) is 18.6. The monoisotopic (exact) mass is 434 g/mol. The van der Waals surface area contributed by atoms with Gasteiger partial charge < -0.3 is 4.90 Å². The number of benzene rings is 3. The number of nitrogens with one attached hydrogen (secondary N) is 1. The maximum atomic E-state index is 12.9. The molecule has 0 saturated heterocycles. The van der Waals surface area contributed by atoms with Crippen LogP contribution < -0.4 is 9.62 Å². The van der Waals surface area contributed by atoms with Crippen LogP contribution in [0.1, 0.15) is 38.2 Å².